The Kier molecular flexibility index (Phi) is 12.2. The van der Waals surface area contributed by atoms with E-state index in [2.05, 4.69) is 116 Å². The molecule has 5 aliphatic rings. The fraction of sp³-hybridized carbons (Fsp3) is 0.640. The molecule has 0 amide bonds. The quantitative estimate of drug-likeness (QED) is 0.123. The molecule has 7 rings (SSSR count). The first-order valence-corrected chi connectivity index (χ1v) is 28.0. The molecule has 0 aromatic heterocycles. The van der Waals surface area contributed by atoms with Gasteiger partial charge in [-0.15, -0.1) is 0 Å². The van der Waals surface area contributed by atoms with Crippen molar-refractivity contribution in [2.75, 3.05) is 6.61 Å². The summed E-state index contributed by atoms with van der Waals surface area (Å²) in [5.74, 6) is 0.957. The lowest BCUT2D eigenvalue weighted by atomic mass is 9.44. The highest BCUT2D eigenvalue weighted by atomic mass is 28.4. The monoisotopic (exact) mass is 872 g/mol. The minimum atomic E-state index is -3.23. The van der Waals surface area contributed by atoms with Crippen LogP contribution in [-0.4, -0.2) is 81.0 Å². The number of esters is 2. The topological polar surface area (TPSA) is 121 Å². The van der Waals surface area contributed by atoms with E-state index in [0.717, 1.165) is 48.1 Å². The summed E-state index contributed by atoms with van der Waals surface area (Å²) in [6, 6.07) is 20.9. The van der Waals surface area contributed by atoms with Gasteiger partial charge in [0.25, 0.3) is 8.32 Å². The standard InChI is InChI=1S/C50H72O9Si2/c1-32-45(42(30-47(7,54)31-51)58-61(46(4,5)6,37-19-15-13-16-20-37)38-21-17-14-18-22-38)57-44-29-41-39-24-23-35-27-36(55-33(2)52)25-26-48(35,8)40(39)28-43(56-34(3)53)49(41,9)50(32,44)59-60(10,11)12/h13-22,29,35-36,39-40,42-44,51,54H,23-28,30-31H2,1-12H3/t35-,36-,39+,40-,42+,43+,44-,47-,48-,49+,50+/m0/s1. The molecule has 2 aromatic carbocycles. The van der Waals surface area contributed by atoms with E-state index in [1.165, 1.54) is 19.4 Å². The summed E-state index contributed by atoms with van der Waals surface area (Å²) < 4.78 is 35.3. The maximum Gasteiger partial charge on any atom is 0.302 e. The van der Waals surface area contributed by atoms with Gasteiger partial charge in [-0.2, -0.15) is 0 Å². The van der Waals surface area contributed by atoms with Gasteiger partial charge >= 0.3 is 11.9 Å². The largest absolute Gasteiger partial charge is 0.485 e. The molecule has 9 nitrogen and oxygen atoms in total. The second-order valence-corrected chi connectivity index (χ2v) is 30.4. The molecule has 4 aliphatic carbocycles. The van der Waals surface area contributed by atoms with Crippen molar-refractivity contribution in [3.63, 3.8) is 0 Å². The molecule has 0 radical (unpaired) electrons. The Labute approximate surface area is 366 Å². The first kappa shape index (κ1) is 45.9. The summed E-state index contributed by atoms with van der Waals surface area (Å²) in [6.07, 6.45) is 5.85. The van der Waals surface area contributed by atoms with Crippen LogP contribution in [0, 0.1) is 28.6 Å². The maximum atomic E-state index is 13.3. The van der Waals surface area contributed by atoms with Gasteiger partial charge in [0, 0.05) is 25.8 Å². The van der Waals surface area contributed by atoms with Gasteiger partial charge in [0.1, 0.15) is 35.8 Å². The lowest BCUT2D eigenvalue weighted by Crippen LogP contribution is -2.68. The van der Waals surface area contributed by atoms with Crippen LogP contribution in [0.4, 0.5) is 0 Å². The Morgan fingerprint density at radius 2 is 1.48 bits per heavy atom. The predicted molar refractivity (Wildman–Crippen MR) is 243 cm³/mol. The van der Waals surface area contributed by atoms with Crippen molar-refractivity contribution < 1.29 is 42.9 Å². The molecule has 3 fully saturated rings. The molecule has 1 heterocycles. The zero-order valence-corrected chi connectivity index (χ0v) is 40.8. The van der Waals surface area contributed by atoms with Gasteiger partial charge in [-0.25, -0.2) is 0 Å². The summed E-state index contributed by atoms with van der Waals surface area (Å²) in [5, 5.41) is 24.3. The van der Waals surface area contributed by atoms with E-state index < -0.39 is 58.2 Å². The molecule has 11 atom stereocenters. The fourth-order valence-corrected chi connectivity index (χ4v) is 19.0. The minimum Gasteiger partial charge on any atom is -0.485 e. The molecule has 61 heavy (non-hydrogen) atoms. The van der Waals surface area contributed by atoms with Gasteiger partial charge in [0.2, 0.25) is 0 Å². The average molecular weight is 873 g/mol. The number of fused-ring (bicyclic) bond motifs is 7. The Morgan fingerprint density at radius 3 is 2.00 bits per heavy atom. The molecule has 0 unspecified atom stereocenters. The highest BCUT2D eigenvalue weighted by Crippen LogP contribution is 2.71. The molecule has 2 aromatic rings. The molecule has 0 saturated heterocycles. The van der Waals surface area contributed by atoms with E-state index in [0.29, 0.717) is 18.1 Å². The number of hydrogen-bond acceptors (Lipinski definition) is 9. The molecular weight excluding hydrogens is 801 g/mol. The number of aliphatic hydroxyl groups excluding tert-OH is 1. The average Bonchev–Trinajstić information content (AvgIpc) is 3.59. The summed E-state index contributed by atoms with van der Waals surface area (Å²) in [6.45, 7) is 24.3. The zero-order chi connectivity index (χ0) is 44.6. The second kappa shape index (κ2) is 16.2. The van der Waals surface area contributed by atoms with Crippen LogP contribution >= 0.6 is 0 Å². The third-order valence-corrected chi connectivity index (χ3v) is 21.5. The van der Waals surface area contributed by atoms with E-state index in [9.17, 15) is 19.8 Å². The van der Waals surface area contributed by atoms with Crippen LogP contribution < -0.4 is 10.4 Å². The number of benzene rings is 2. The molecule has 11 heteroatoms. The van der Waals surface area contributed by atoms with Crippen LogP contribution in [0.1, 0.15) is 107 Å². The van der Waals surface area contributed by atoms with Crippen molar-refractivity contribution in [3.8, 4) is 0 Å². The fourth-order valence-electron chi connectivity index (χ4n) is 13.0. The van der Waals surface area contributed by atoms with Crippen LogP contribution in [0.3, 0.4) is 0 Å². The Balaban J connectivity index is 1.39. The van der Waals surface area contributed by atoms with Crippen LogP contribution in [0.2, 0.25) is 24.7 Å². The lowest BCUT2D eigenvalue weighted by molar-refractivity contribution is -0.185. The van der Waals surface area contributed by atoms with Crippen LogP contribution in [0.25, 0.3) is 0 Å². The van der Waals surface area contributed by atoms with Crippen molar-refractivity contribution in [1.29, 1.82) is 0 Å². The van der Waals surface area contributed by atoms with Gasteiger partial charge in [-0.05, 0) is 124 Å². The van der Waals surface area contributed by atoms with Gasteiger partial charge in [-0.1, -0.05) is 93.9 Å². The lowest BCUT2D eigenvalue weighted by Gasteiger charge is -2.62. The van der Waals surface area contributed by atoms with Crippen molar-refractivity contribution in [2.24, 2.45) is 28.6 Å². The molecule has 0 bridgehead atoms. The normalized spacial score (nSPS) is 33.8. The summed E-state index contributed by atoms with van der Waals surface area (Å²) in [4.78, 5) is 25.3. The number of carbonyl (C=O) groups excluding carboxylic acids is 2. The van der Waals surface area contributed by atoms with Crippen LogP contribution in [0.5, 0.6) is 0 Å². The Hall–Kier alpha value is -3.07. The summed E-state index contributed by atoms with van der Waals surface area (Å²) in [5.41, 5.74) is -1.19. The molecule has 1 aliphatic heterocycles. The summed E-state index contributed by atoms with van der Waals surface area (Å²) >= 11 is 0. The number of carbonyl (C=O) groups is 2. The van der Waals surface area contributed by atoms with E-state index in [1.807, 2.05) is 12.1 Å². The molecule has 334 valence electrons. The highest BCUT2D eigenvalue weighted by Gasteiger charge is 2.74. The van der Waals surface area contributed by atoms with Crippen LogP contribution in [-0.2, 0) is 32.7 Å². The third-order valence-electron chi connectivity index (χ3n) is 15.5. The Morgan fingerprint density at radius 1 is 0.885 bits per heavy atom. The minimum absolute atomic E-state index is 0.0217. The van der Waals surface area contributed by atoms with Gasteiger partial charge in [0.05, 0.1) is 17.6 Å². The molecule has 0 spiro atoms. The third kappa shape index (κ3) is 7.75. The summed E-state index contributed by atoms with van der Waals surface area (Å²) in [7, 11) is -5.64. The predicted octanol–water partition coefficient (Wildman–Crippen LogP) is 8.37. The SMILES string of the molecule is CC(=O)O[C@H]1CC[C@@]2(C)[C@@H](CC[C@H]3C4=C[C@@H]5OC([C@@H](C[C@](C)(O)CO)O[Si](c6ccccc6)(c6ccccc6)C(C)(C)C)=C(C)[C@]5(O[Si](C)(C)C)[C@@]4(C)[C@H](OC(C)=O)C[C@@H]32)C1. The smallest absolute Gasteiger partial charge is 0.302 e. The number of rotatable bonds is 12. The number of aliphatic hydroxyl groups is 2. The maximum absolute atomic E-state index is 13.3. The van der Waals surface area contributed by atoms with Crippen LogP contribution in [0.15, 0.2) is 83.6 Å². The molecule has 3 saturated carbocycles. The zero-order valence-electron chi connectivity index (χ0n) is 38.8. The second-order valence-electron chi connectivity index (χ2n) is 21.8. The van der Waals surface area contributed by atoms with Crippen molar-refractivity contribution in [1.82, 2.24) is 0 Å². The number of ether oxygens (including phenoxy) is 3. The highest BCUT2D eigenvalue weighted by molar-refractivity contribution is 6.99. The Bertz CT molecular complexity index is 1980. The number of hydrogen-bond donors (Lipinski definition) is 2. The van der Waals surface area contributed by atoms with E-state index in [-0.39, 0.29) is 46.8 Å². The molecular formula is C50H72O9Si2. The van der Waals surface area contributed by atoms with E-state index >= 15 is 0 Å². The molecule has 2 N–H and O–H groups in total. The van der Waals surface area contributed by atoms with Gasteiger partial charge < -0.3 is 33.3 Å². The van der Waals surface area contributed by atoms with E-state index in [4.69, 9.17) is 23.1 Å². The van der Waals surface area contributed by atoms with Crippen molar-refractivity contribution in [3.05, 3.63) is 83.6 Å². The van der Waals surface area contributed by atoms with Crippen molar-refractivity contribution in [2.45, 2.75) is 168 Å². The van der Waals surface area contributed by atoms with Crippen molar-refractivity contribution >= 4 is 38.9 Å². The van der Waals surface area contributed by atoms with Gasteiger partial charge in [0.15, 0.2) is 8.32 Å². The first-order chi connectivity index (χ1) is 28.4. The first-order valence-electron chi connectivity index (χ1n) is 22.7. The van der Waals surface area contributed by atoms with Gasteiger partial charge in [-0.3, -0.25) is 9.59 Å². The van der Waals surface area contributed by atoms with E-state index in [1.54, 1.807) is 6.92 Å².